The van der Waals surface area contributed by atoms with E-state index in [0.717, 1.165) is 11.1 Å². The molecule has 3 aromatic rings. The quantitative estimate of drug-likeness (QED) is 0.328. The van der Waals surface area contributed by atoms with Gasteiger partial charge in [-0.05, 0) is 49.2 Å². The monoisotopic (exact) mass is 472 g/mol. The predicted octanol–water partition coefficient (Wildman–Crippen LogP) is 5.05. The highest BCUT2D eigenvalue weighted by Gasteiger charge is 2.15. The van der Waals surface area contributed by atoms with Crippen LogP contribution in [0.15, 0.2) is 54.2 Å². The number of hydrogen-bond acceptors (Lipinski definition) is 6. The second-order valence-corrected chi connectivity index (χ2v) is 8.42. The van der Waals surface area contributed by atoms with Crippen LogP contribution >= 0.6 is 23.4 Å². The van der Waals surface area contributed by atoms with Crippen LogP contribution in [0.2, 0.25) is 5.02 Å². The zero-order valence-corrected chi connectivity index (χ0v) is 19.8. The number of halogens is 1. The van der Waals surface area contributed by atoms with Gasteiger partial charge < -0.3 is 14.8 Å². The lowest BCUT2D eigenvalue weighted by molar-refractivity contribution is -0.113. The number of thioether (sulfide) groups is 1. The number of carbonyl (C=O) groups excluding carboxylic acids is 1. The largest absolute Gasteiger partial charge is 0.493 e. The van der Waals surface area contributed by atoms with Crippen LogP contribution in [-0.2, 0) is 17.9 Å². The zero-order valence-electron chi connectivity index (χ0n) is 18.2. The first-order valence-corrected chi connectivity index (χ1v) is 11.3. The summed E-state index contributed by atoms with van der Waals surface area (Å²) in [6, 6.07) is 11.1. The van der Waals surface area contributed by atoms with E-state index in [9.17, 15) is 4.79 Å². The molecule has 0 spiro atoms. The molecule has 0 aliphatic heterocycles. The van der Waals surface area contributed by atoms with Gasteiger partial charge in [0.15, 0.2) is 22.5 Å². The minimum Gasteiger partial charge on any atom is -0.493 e. The first-order valence-electron chi connectivity index (χ1n) is 9.90. The number of ether oxygens (including phenoxy) is 2. The van der Waals surface area contributed by atoms with Gasteiger partial charge in [-0.2, -0.15) is 0 Å². The van der Waals surface area contributed by atoms with Crippen molar-refractivity contribution in [1.82, 2.24) is 14.8 Å². The van der Waals surface area contributed by atoms with Gasteiger partial charge in [-0.3, -0.25) is 9.36 Å². The Balaban J connectivity index is 1.66. The molecule has 1 aromatic heterocycles. The molecule has 9 heteroatoms. The highest BCUT2D eigenvalue weighted by atomic mass is 35.5. The summed E-state index contributed by atoms with van der Waals surface area (Å²) in [4.78, 5) is 12.4. The van der Waals surface area contributed by atoms with E-state index in [1.807, 2.05) is 42.7 Å². The van der Waals surface area contributed by atoms with Gasteiger partial charge in [-0.15, -0.1) is 16.8 Å². The molecule has 0 saturated carbocycles. The molecule has 0 aliphatic carbocycles. The fourth-order valence-corrected chi connectivity index (χ4v) is 3.87. The number of anilines is 1. The Hall–Kier alpha value is -2.97. The normalized spacial score (nSPS) is 10.6. The average molecular weight is 473 g/mol. The molecular formula is C23H25ClN4O3S. The molecule has 0 unspecified atom stereocenters. The van der Waals surface area contributed by atoms with E-state index >= 15 is 0 Å². The maximum absolute atomic E-state index is 12.4. The van der Waals surface area contributed by atoms with Gasteiger partial charge in [0, 0.05) is 17.3 Å². The molecule has 32 heavy (non-hydrogen) atoms. The molecule has 1 N–H and O–H groups in total. The fraction of sp³-hybridized carbons (Fsp3) is 0.261. The maximum Gasteiger partial charge on any atom is 0.234 e. The fourth-order valence-electron chi connectivity index (χ4n) is 2.93. The van der Waals surface area contributed by atoms with Crippen LogP contribution in [-0.4, -0.2) is 33.5 Å². The predicted molar refractivity (Wildman–Crippen MR) is 128 cm³/mol. The Morgan fingerprint density at radius 1 is 1.22 bits per heavy atom. The lowest BCUT2D eigenvalue weighted by Gasteiger charge is -2.12. The van der Waals surface area contributed by atoms with Crippen molar-refractivity contribution in [2.75, 3.05) is 18.2 Å². The average Bonchev–Trinajstić information content (AvgIpc) is 3.15. The van der Waals surface area contributed by atoms with Gasteiger partial charge in [0.25, 0.3) is 0 Å². The molecule has 168 valence electrons. The van der Waals surface area contributed by atoms with Gasteiger partial charge in [0.05, 0.1) is 12.9 Å². The number of nitrogens with zero attached hydrogens (tertiary/aromatic N) is 3. The van der Waals surface area contributed by atoms with E-state index in [-0.39, 0.29) is 18.3 Å². The SMILES string of the molecule is C=CCn1c(COc2ccc(C)cc2OC)nnc1SCC(=O)Nc1cc(Cl)ccc1C. The zero-order chi connectivity index (χ0) is 23.1. The molecular weight excluding hydrogens is 448 g/mol. The van der Waals surface area contributed by atoms with Crippen LogP contribution in [0.4, 0.5) is 5.69 Å². The van der Waals surface area contributed by atoms with E-state index < -0.39 is 0 Å². The Kier molecular flexibility index (Phi) is 8.19. The molecule has 0 saturated heterocycles. The van der Waals surface area contributed by atoms with Crippen molar-refractivity contribution in [3.05, 3.63) is 71.0 Å². The van der Waals surface area contributed by atoms with Crippen LogP contribution in [0, 0.1) is 13.8 Å². The number of hydrogen-bond donors (Lipinski definition) is 1. The van der Waals surface area contributed by atoms with Crippen molar-refractivity contribution in [1.29, 1.82) is 0 Å². The van der Waals surface area contributed by atoms with Gasteiger partial charge in [0.1, 0.15) is 6.61 Å². The molecule has 7 nitrogen and oxygen atoms in total. The van der Waals surface area contributed by atoms with Gasteiger partial charge >= 0.3 is 0 Å². The summed E-state index contributed by atoms with van der Waals surface area (Å²) in [5.41, 5.74) is 2.71. The van der Waals surface area contributed by atoms with Crippen molar-refractivity contribution >= 4 is 35.0 Å². The summed E-state index contributed by atoms with van der Waals surface area (Å²) < 4.78 is 13.2. The third-order valence-corrected chi connectivity index (χ3v) is 5.79. The third-order valence-electron chi connectivity index (χ3n) is 4.59. The number of aromatic nitrogens is 3. The van der Waals surface area contributed by atoms with E-state index in [4.69, 9.17) is 21.1 Å². The summed E-state index contributed by atoms with van der Waals surface area (Å²) in [6.07, 6.45) is 1.75. The molecule has 1 amide bonds. The Morgan fingerprint density at radius 3 is 2.78 bits per heavy atom. The second kappa shape index (κ2) is 11.1. The Labute approximate surface area is 196 Å². The van der Waals surface area contributed by atoms with Gasteiger partial charge in [-0.1, -0.05) is 41.6 Å². The molecule has 0 fully saturated rings. The molecule has 0 bridgehead atoms. The van der Waals surface area contributed by atoms with Crippen LogP contribution < -0.4 is 14.8 Å². The lowest BCUT2D eigenvalue weighted by Crippen LogP contribution is -2.15. The number of carbonyl (C=O) groups is 1. The summed E-state index contributed by atoms with van der Waals surface area (Å²) in [7, 11) is 1.60. The maximum atomic E-state index is 12.4. The van der Waals surface area contributed by atoms with E-state index in [1.165, 1.54) is 11.8 Å². The molecule has 0 aliphatic rings. The van der Waals surface area contributed by atoms with E-state index in [2.05, 4.69) is 22.1 Å². The van der Waals surface area contributed by atoms with Crippen LogP contribution in [0.25, 0.3) is 0 Å². The first kappa shape index (κ1) is 23.7. The van der Waals surface area contributed by atoms with Crippen molar-refractivity contribution in [2.45, 2.75) is 32.2 Å². The highest BCUT2D eigenvalue weighted by molar-refractivity contribution is 7.99. The minimum absolute atomic E-state index is 0.157. The summed E-state index contributed by atoms with van der Waals surface area (Å²) in [5, 5.41) is 12.5. The van der Waals surface area contributed by atoms with Crippen molar-refractivity contribution in [3.8, 4) is 11.5 Å². The van der Waals surface area contributed by atoms with Crippen LogP contribution in [0.1, 0.15) is 17.0 Å². The highest BCUT2D eigenvalue weighted by Crippen LogP contribution is 2.29. The molecule has 3 rings (SSSR count). The number of rotatable bonds is 10. The topological polar surface area (TPSA) is 78.3 Å². The van der Waals surface area contributed by atoms with E-state index in [1.54, 1.807) is 25.3 Å². The van der Waals surface area contributed by atoms with Crippen molar-refractivity contribution in [3.63, 3.8) is 0 Å². The molecule has 1 heterocycles. The van der Waals surface area contributed by atoms with Gasteiger partial charge in [0.2, 0.25) is 5.91 Å². The Bertz CT molecular complexity index is 1120. The summed E-state index contributed by atoms with van der Waals surface area (Å²) in [5.74, 6) is 1.92. The summed E-state index contributed by atoms with van der Waals surface area (Å²) in [6.45, 7) is 8.40. The van der Waals surface area contributed by atoms with Crippen molar-refractivity contribution < 1.29 is 14.3 Å². The Morgan fingerprint density at radius 2 is 2.03 bits per heavy atom. The number of allylic oxidation sites excluding steroid dienone is 1. The van der Waals surface area contributed by atoms with Crippen molar-refractivity contribution in [2.24, 2.45) is 0 Å². The second-order valence-electron chi connectivity index (χ2n) is 7.04. The molecule has 2 aromatic carbocycles. The standard InChI is InChI=1S/C23H25ClN4O3S/c1-5-10-28-21(13-31-19-9-6-15(2)11-20(19)30-4)26-27-23(28)32-14-22(29)25-18-12-17(24)8-7-16(18)3/h5-9,11-12H,1,10,13-14H2,2-4H3,(H,25,29). The number of nitrogens with one attached hydrogen (secondary N) is 1. The number of methoxy groups -OCH3 is 1. The smallest absolute Gasteiger partial charge is 0.234 e. The van der Waals surface area contributed by atoms with E-state index in [0.29, 0.717) is 39.7 Å². The number of amides is 1. The van der Waals surface area contributed by atoms with Gasteiger partial charge in [-0.25, -0.2) is 0 Å². The first-order chi connectivity index (χ1) is 15.4. The molecule has 0 radical (unpaired) electrons. The minimum atomic E-state index is -0.157. The lowest BCUT2D eigenvalue weighted by atomic mass is 10.2. The third kappa shape index (κ3) is 6.05. The molecule has 0 atom stereocenters. The number of benzene rings is 2. The summed E-state index contributed by atoms with van der Waals surface area (Å²) >= 11 is 7.32. The van der Waals surface area contributed by atoms with Crippen LogP contribution in [0.3, 0.4) is 0 Å². The van der Waals surface area contributed by atoms with Crippen LogP contribution in [0.5, 0.6) is 11.5 Å². The number of aryl methyl sites for hydroxylation is 2.